The number of alkyl halides is 3. The highest BCUT2D eigenvalue weighted by Gasteiger charge is 2.30. The van der Waals surface area contributed by atoms with E-state index in [1.54, 1.807) is 0 Å². The van der Waals surface area contributed by atoms with Crippen molar-refractivity contribution in [1.29, 1.82) is 0 Å². The van der Waals surface area contributed by atoms with E-state index in [-0.39, 0.29) is 16.1 Å². The second-order valence-corrected chi connectivity index (χ2v) is 6.35. The Morgan fingerprint density at radius 1 is 1.04 bits per heavy atom. The predicted octanol–water partition coefficient (Wildman–Crippen LogP) is 3.84. The summed E-state index contributed by atoms with van der Waals surface area (Å²) < 4.78 is 68.3. The second-order valence-electron chi connectivity index (χ2n) is 4.52. The Kier molecular flexibility index (Phi) is 4.52. The Hall–Kier alpha value is -1.90. The highest BCUT2D eigenvalue weighted by atomic mass is 35.5. The molecule has 0 amide bonds. The normalized spacial score (nSPS) is 12.2. The van der Waals surface area contributed by atoms with Crippen LogP contribution in [-0.4, -0.2) is 18.8 Å². The van der Waals surface area contributed by atoms with E-state index >= 15 is 0 Å². The Morgan fingerprint density at radius 3 is 2.04 bits per heavy atom. The monoisotopic (exact) mass is 364 g/mol. The fourth-order valence-corrected chi connectivity index (χ4v) is 2.64. The van der Waals surface area contributed by atoms with Gasteiger partial charge in [0.25, 0.3) is 10.1 Å². The largest absolute Gasteiger partial charge is 0.416 e. The molecule has 2 aromatic carbocycles. The van der Waals surface area contributed by atoms with E-state index in [1.807, 2.05) is 0 Å². The van der Waals surface area contributed by atoms with Gasteiger partial charge in [0.1, 0.15) is 0 Å². The minimum Gasteiger partial charge on any atom is -0.289 e. The first-order chi connectivity index (χ1) is 10.5. The van der Waals surface area contributed by atoms with Crippen LogP contribution in [0, 0.1) is 0 Å². The first kappa shape index (κ1) is 17.5. The summed E-state index contributed by atoms with van der Waals surface area (Å²) in [7, 11) is -4.48. The molecular weight excluding hydrogens is 357 g/mol. The highest BCUT2D eigenvalue weighted by molar-refractivity contribution is 7.85. The van der Waals surface area contributed by atoms with Crippen LogP contribution in [0.2, 0.25) is 5.02 Å². The van der Waals surface area contributed by atoms with Gasteiger partial charge >= 0.3 is 6.18 Å². The third kappa shape index (κ3) is 3.90. The summed E-state index contributed by atoms with van der Waals surface area (Å²) in [5.41, 5.74) is -1.04. The summed E-state index contributed by atoms with van der Waals surface area (Å²) in [5, 5.41) is -0.245. The molecule has 23 heavy (non-hydrogen) atoms. The van der Waals surface area contributed by atoms with Crippen LogP contribution < -0.4 is 0 Å². The topological polar surface area (TPSA) is 71.4 Å². The molecule has 1 N–H and O–H groups in total. The van der Waals surface area contributed by atoms with E-state index in [0.29, 0.717) is 0 Å². The number of carbonyl (C=O) groups is 1. The molecular formula is C14H8ClF3O4S. The maximum atomic E-state index is 12.5. The van der Waals surface area contributed by atoms with Crippen LogP contribution in [0.15, 0.2) is 47.4 Å². The lowest BCUT2D eigenvalue weighted by Crippen LogP contribution is -2.07. The number of hydrogen-bond acceptors (Lipinski definition) is 3. The molecule has 0 aliphatic rings. The molecule has 0 aliphatic carbocycles. The summed E-state index contributed by atoms with van der Waals surface area (Å²) in [6, 6.07) is 6.44. The van der Waals surface area contributed by atoms with Gasteiger partial charge in [-0.1, -0.05) is 23.7 Å². The Balaban J connectivity index is 2.38. The molecule has 0 unspecified atom stereocenters. The van der Waals surface area contributed by atoms with Gasteiger partial charge in [0, 0.05) is 11.1 Å². The molecule has 0 radical (unpaired) electrons. The molecule has 0 heterocycles. The van der Waals surface area contributed by atoms with Crippen molar-refractivity contribution in [3.05, 3.63) is 64.2 Å². The number of rotatable bonds is 3. The number of ketones is 1. The molecule has 0 spiro atoms. The van der Waals surface area contributed by atoms with Gasteiger partial charge in [-0.2, -0.15) is 21.6 Å². The molecule has 0 bridgehead atoms. The summed E-state index contributed by atoms with van der Waals surface area (Å²) in [6.07, 6.45) is -4.52. The van der Waals surface area contributed by atoms with Crippen LogP contribution in [-0.2, 0) is 16.3 Å². The van der Waals surface area contributed by atoms with E-state index in [9.17, 15) is 26.4 Å². The van der Waals surface area contributed by atoms with E-state index in [1.165, 1.54) is 0 Å². The van der Waals surface area contributed by atoms with Crippen LogP contribution in [0.1, 0.15) is 21.5 Å². The first-order valence-corrected chi connectivity index (χ1v) is 7.81. The van der Waals surface area contributed by atoms with Gasteiger partial charge < -0.3 is 0 Å². The van der Waals surface area contributed by atoms with Crippen molar-refractivity contribution < 1.29 is 30.9 Å². The molecule has 9 heteroatoms. The summed E-state index contributed by atoms with van der Waals surface area (Å²) in [5.74, 6) is -0.675. The lowest BCUT2D eigenvalue weighted by molar-refractivity contribution is -0.137. The van der Waals surface area contributed by atoms with Crippen LogP contribution >= 0.6 is 11.6 Å². The van der Waals surface area contributed by atoms with Crippen LogP contribution in [0.25, 0.3) is 0 Å². The third-order valence-corrected chi connectivity index (χ3v) is 4.12. The molecule has 2 rings (SSSR count). The van der Waals surface area contributed by atoms with E-state index in [0.717, 1.165) is 42.5 Å². The molecule has 0 aromatic heterocycles. The molecule has 0 aliphatic heterocycles. The lowest BCUT2D eigenvalue weighted by atomic mass is 10.0. The van der Waals surface area contributed by atoms with Crippen LogP contribution in [0.4, 0.5) is 13.2 Å². The average Bonchev–Trinajstić information content (AvgIpc) is 2.45. The van der Waals surface area contributed by atoms with Gasteiger partial charge in [0.2, 0.25) is 0 Å². The molecule has 0 saturated carbocycles. The molecule has 122 valence electrons. The Morgan fingerprint density at radius 2 is 1.61 bits per heavy atom. The molecule has 0 fully saturated rings. The van der Waals surface area contributed by atoms with Crippen molar-refractivity contribution in [2.75, 3.05) is 0 Å². The summed E-state index contributed by atoms with van der Waals surface area (Å²) in [4.78, 5) is 11.7. The van der Waals surface area contributed by atoms with Crippen LogP contribution in [0.5, 0.6) is 0 Å². The van der Waals surface area contributed by atoms with E-state index in [4.69, 9.17) is 16.2 Å². The van der Waals surface area contributed by atoms with Gasteiger partial charge in [-0.3, -0.25) is 9.35 Å². The maximum Gasteiger partial charge on any atom is 0.416 e. The van der Waals surface area contributed by atoms with Crippen molar-refractivity contribution in [3.8, 4) is 0 Å². The van der Waals surface area contributed by atoms with Crippen molar-refractivity contribution in [3.63, 3.8) is 0 Å². The molecule has 2 aromatic rings. The Bertz CT molecular complexity index is 859. The number of carbonyl (C=O) groups excluding carboxylic acids is 1. The smallest absolute Gasteiger partial charge is 0.289 e. The van der Waals surface area contributed by atoms with Gasteiger partial charge in [0.15, 0.2) is 5.78 Å². The zero-order valence-electron chi connectivity index (χ0n) is 11.1. The molecule has 0 atom stereocenters. The van der Waals surface area contributed by atoms with Crippen molar-refractivity contribution >= 4 is 27.5 Å². The highest BCUT2D eigenvalue weighted by Crippen LogP contribution is 2.30. The van der Waals surface area contributed by atoms with Crippen LogP contribution in [0.3, 0.4) is 0 Å². The Labute approximate surface area is 134 Å². The zero-order chi connectivity index (χ0) is 17.4. The van der Waals surface area contributed by atoms with Gasteiger partial charge in [-0.05, 0) is 30.3 Å². The minimum absolute atomic E-state index is 0.0421. The number of benzene rings is 2. The quantitative estimate of drug-likeness (QED) is 0.663. The van der Waals surface area contributed by atoms with E-state index < -0.39 is 32.5 Å². The summed E-state index contributed by atoms with van der Waals surface area (Å²) >= 11 is 5.81. The predicted molar refractivity (Wildman–Crippen MR) is 76.1 cm³/mol. The maximum absolute atomic E-state index is 12.5. The first-order valence-electron chi connectivity index (χ1n) is 5.99. The van der Waals surface area contributed by atoms with Gasteiger partial charge in [0.05, 0.1) is 15.5 Å². The second kappa shape index (κ2) is 5.95. The van der Waals surface area contributed by atoms with Crippen molar-refractivity contribution in [2.45, 2.75) is 11.1 Å². The third-order valence-electron chi connectivity index (χ3n) is 2.96. The fraction of sp³-hybridized carbons (Fsp3) is 0.0714. The fourth-order valence-electron chi connectivity index (χ4n) is 1.81. The van der Waals surface area contributed by atoms with Gasteiger partial charge in [-0.25, -0.2) is 0 Å². The minimum atomic E-state index is -4.52. The average molecular weight is 365 g/mol. The van der Waals surface area contributed by atoms with Crippen molar-refractivity contribution in [1.82, 2.24) is 0 Å². The summed E-state index contributed by atoms with van der Waals surface area (Å²) in [6.45, 7) is 0. The number of hydrogen-bond donors (Lipinski definition) is 1. The SMILES string of the molecule is O=C(c1ccc(C(F)(F)F)cc1)c1ccc(S(=O)(=O)O)cc1Cl. The molecule has 0 saturated heterocycles. The zero-order valence-corrected chi connectivity index (χ0v) is 12.7. The lowest BCUT2D eigenvalue weighted by Gasteiger charge is -2.08. The van der Waals surface area contributed by atoms with E-state index in [2.05, 4.69) is 0 Å². The van der Waals surface area contributed by atoms with Crippen molar-refractivity contribution in [2.24, 2.45) is 0 Å². The standard InChI is InChI=1S/C14H8ClF3O4S/c15-12-7-10(23(20,21)22)5-6-11(12)13(19)8-1-3-9(4-2-8)14(16,17)18/h1-7H,(H,20,21,22). The molecule has 4 nitrogen and oxygen atoms in total. The van der Waals surface area contributed by atoms with Gasteiger partial charge in [-0.15, -0.1) is 0 Å². The number of halogens is 4.